The SMILES string of the molecule is Fc1ccc(-c2nc3nc4ccccc4nc3n2C2CCCC2)cc1. The minimum Gasteiger partial charge on any atom is -0.304 e. The summed E-state index contributed by atoms with van der Waals surface area (Å²) in [4.78, 5) is 14.3. The Labute approximate surface area is 144 Å². The number of hydrogen-bond donors (Lipinski definition) is 0. The van der Waals surface area contributed by atoms with Gasteiger partial charge in [-0.25, -0.2) is 19.3 Å². The van der Waals surface area contributed by atoms with E-state index >= 15 is 0 Å². The van der Waals surface area contributed by atoms with Gasteiger partial charge >= 0.3 is 0 Å². The summed E-state index contributed by atoms with van der Waals surface area (Å²) in [6.45, 7) is 0. The first-order chi connectivity index (χ1) is 12.3. The van der Waals surface area contributed by atoms with Gasteiger partial charge in [0.05, 0.1) is 11.0 Å². The molecule has 0 radical (unpaired) electrons. The van der Waals surface area contributed by atoms with Crippen molar-refractivity contribution in [3.05, 3.63) is 54.3 Å². The zero-order chi connectivity index (χ0) is 16.8. The lowest BCUT2D eigenvalue weighted by molar-refractivity contribution is 0.534. The fraction of sp³-hybridized carbons (Fsp3) is 0.250. The summed E-state index contributed by atoms with van der Waals surface area (Å²) in [6.07, 6.45) is 4.67. The smallest absolute Gasteiger partial charge is 0.198 e. The molecule has 2 heterocycles. The Hall–Kier alpha value is -2.82. The van der Waals surface area contributed by atoms with Crippen LogP contribution in [0.4, 0.5) is 4.39 Å². The number of benzene rings is 2. The lowest BCUT2D eigenvalue weighted by Gasteiger charge is -2.15. The minimum atomic E-state index is -0.241. The highest BCUT2D eigenvalue weighted by atomic mass is 19.1. The third-order valence-electron chi connectivity index (χ3n) is 4.99. The molecule has 0 aliphatic heterocycles. The summed E-state index contributed by atoms with van der Waals surface area (Å²) < 4.78 is 15.6. The average molecular weight is 332 g/mol. The molecule has 25 heavy (non-hydrogen) atoms. The zero-order valence-corrected chi connectivity index (χ0v) is 13.7. The first-order valence-electron chi connectivity index (χ1n) is 8.70. The maximum atomic E-state index is 13.3. The predicted octanol–water partition coefficient (Wildman–Crippen LogP) is 4.90. The fourth-order valence-electron chi connectivity index (χ4n) is 3.78. The molecule has 0 unspecified atom stereocenters. The zero-order valence-electron chi connectivity index (χ0n) is 13.7. The largest absolute Gasteiger partial charge is 0.304 e. The third-order valence-corrected chi connectivity index (χ3v) is 4.99. The van der Waals surface area contributed by atoms with Gasteiger partial charge in [-0.1, -0.05) is 25.0 Å². The molecule has 1 saturated carbocycles. The third kappa shape index (κ3) is 2.38. The Morgan fingerprint density at radius 3 is 2.24 bits per heavy atom. The van der Waals surface area contributed by atoms with Crippen molar-refractivity contribution in [3.63, 3.8) is 0 Å². The lowest BCUT2D eigenvalue weighted by atomic mass is 10.2. The van der Waals surface area contributed by atoms with E-state index in [0.29, 0.717) is 11.7 Å². The maximum Gasteiger partial charge on any atom is 0.198 e. The number of halogens is 1. The van der Waals surface area contributed by atoms with Gasteiger partial charge in [0.1, 0.15) is 11.6 Å². The van der Waals surface area contributed by atoms with E-state index in [1.165, 1.54) is 25.0 Å². The van der Waals surface area contributed by atoms with Crippen LogP contribution >= 0.6 is 0 Å². The van der Waals surface area contributed by atoms with Crippen molar-refractivity contribution in [2.45, 2.75) is 31.7 Å². The molecule has 2 aromatic carbocycles. The average Bonchev–Trinajstić information content (AvgIpc) is 3.27. The van der Waals surface area contributed by atoms with Crippen molar-refractivity contribution in [3.8, 4) is 11.4 Å². The monoisotopic (exact) mass is 332 g/mol. The van der Waals surface area contributed by atoms with Crippen LogP contribution in [0.3, 0.4) is 0 Å². The first-order valence-corrected chi connectivity index (χ1v) is 8.70. The number of para-hydroxylation sites is 2. The van der Waals surface area contributed by atoms with Crippen molar-refractivity contribution in [1.82, 2.24) is 19.5 Å². The molecule has 4 nitrogen and oxygen atoms in total. The van der Waals surface area contributed by atoms with Gasteiger partial charge in [0.25, 0.3) is 0 Å². The number of rotatable bonds is 2. The van der Waals surface area contributed by atoms with Crippen LogP contribution in [0.5, 0.6) is 0 Å². The summed E-state index contributed by atoms with van der Waals surface area (Å²) in [5, 5.41) is 0. The van der Waals surface area contributed by atoms with E-state index in [-0.39, 0.29) is 5.82 Å². The molecule has 0 saturated heterocycles. The second-order valence-corrected chi connectivity index (χ2v) is 6.61. The predicted molar refractivity (Wildman–Crippen MR) is 95.7 cm³/mol. The van der Waals surface area contributed by atoms with Crippen molar-refractivity contribution >= 4 is 22.3 Å². The molecule has 0 N–H and O–H groups in total. The Morgan fingerprint density at radius 1 is 0.840 bits per heavy atom. The van der Waals surface area contributed by atoms with Crippen molar-refractivity contribution in [2.75, 3.05) is 0 Å². The molecular weight excluding hydrogens is 315 g/mol. The van der Waals surface area contributed by atoms with Crippen LogP contribution in [0.25, 0.3) is 33.7 Å². The normalized spacial score (nSPS) is 15.4. The highest BCUT2D eigenvalue weighted by Gasteiger charge is 2.25. The molecule has 1 fully saturated rings. The van der Waals surface area contributed by atoms with Crippen LogP contribution in [0.1, 0.15) is 31.7 Å². The highest BCUT2D eigenvalue weighted by Crippen LogP contribution is 2.36. The number of hydrogen-bond acceptors (Lipinski definition) is 3. The quantitative estimate of drug-likeness (QED) is 0.524. The van der Waals surface area contributed by atoms with E-state index in [9.17, 15) is 4.39 Å². The molecule has 5 rings (SSSR count). The lowest BCUT2D eigenvalue weighted by Crippen LogP contribution is -2.07. The topological polar surface area (TPSA) is 43.6 Å². The molecule has 1 aliphatic carbocycles. The van der Waals surface area contributed by atoms with E-state index < -0.39 is 0 Å². The molecule has 0 spiro atoms. The van der Waals surface area contributed by atoms with Gasteiger partial charge in [0, 0.05) is 11.6 Å². The Morgan fingerprint density at radius 2 is 1.52 bits per heavy atom. The van der Waals surface area contributed by atoms with Crippen LogP contribution in [-0.2, 0) is 0 Å². The first kappa shape index (κ1) is 14.5. The number of imidazole rings is 1. The molecule has 0 amide bonds. The van der Waals surface area contributed by atoms with E-state index in [2.05, 4.69) is 4.57 Å². The Kier molecular flexibility index (Phi) is 3.26. The van der Waals surface area contributed by atoms with Gasteiger partial charge in [-0.05, 0) is 49.2 Å². The second-order valence-electron chi connectivity index (χ2n) is 6.61. The molecule has 124 valence electrons. The number of aromatic nitrogens is 4. The molecule has 4 aromatic rings. The summed E-state index contributed by atoms with van der Waals surface area (Å²) >= 11 is 0. The van der Waals surface area contributed by atoms with Gasteiger partial charge in [0.15, 0.2) is 11.3 Å². The fourth-order valence-corrected chi connectivity index (χ4v) is 3.78. The van der Waals surface area contributed by atoms with Crippen LogP contribution in [-0.4, -0.2) is 19.5 Å². The maximum absolute atomic E-state index is 13.3. The Bertz CT molecular complexity index is 1060. The van der Waals surface area contributed by atoms with Gasteiger partial charge in [0.2, 0.25) is 0 Å². The summed E-state index contributed by atoms with van der Waals surface area (Å²) in [7, 11) is 0. The van der Waals surface area contributed by atoms with E-state index in [1.54, 1.807) is 12.1 Å². The van der Waals surface area contributed by atoms with Crippen molar-refractivity contribution in [1.29, 1.82) is 0 Å². The van der Waals surface area contributed by atoms with Crippen molar-refractivity contribution in [2.24, 2.45) is 0 Å². The molecule has 0 atom stereocenters. The minimum absolute atomic E-state index is 0.241. The Balaban J connectivity index is 1.81. The molecule has 1 aliphatic rings. The summed E-state index contributed by atoms with van der Waals surface area (Å²) in [5.74, 6) is 0.589. The van der Waals surface area contributed by atoms with Gasteiger partial charge in [-0.2, -0.15) is 0 Å². The molecule has 0 bridgehead atoms. The van der Waals surface area contributed by atoms with Crippen LogP contribution in [0.2, 0.25) is 0 Å². The van der Waals surface area contributed by atoms with Gasteiger partial charge < -0.3 is 4.57 Å². The van der Waals surface area contributed by atoms with Gasteiger partial charge in [-0.15, -0.1) is 0 Å². The van der Waals surface area contributed by atoms with E-state index in [1.807, 2.05) is 24.3 Å². The molecule has 2 aromatic heterocycles. The van der Waals surface area contributed by atoms with E-state index in [0.717, 1.165) is 40.9 Å². The van der Waals surface area contributed by atoms with Crippen molar-refractivity contribution < 1.29 is 4.39 Å². The summed E-state index contributed by atoms with van der Waals surface area (Å²) in [5.41, 5.74) is 4.10. The van der Waals surface area contributed by atoms with Crippen LogP contribution in [0, 0.1) is 5.82 Å². The second kappa shape index (κ2) is 5.62. The standard InChI is InChI=1S/C20H17FN4/c21-14-11-9-13(10-12-14)19-24-18-20(25(19)15-5-1-2-6-15)23-17-8-4-3-7-16(17)22-18/h3-4,7-12,15H,1-2,5-6H2. The van der Waals surface area contributed by atoms with Gasteiger partial charge in [-0.3, -0.25) is 0 Å². The van der Waals surface area contributed by atoms with E-state index in [4.69, 9.17) is 15.0 Å². The number of fused-ring (bicyclic) bond motifs is 2. The van der Waals surface area contributed by atoms with Crippen LogP contribution in [0.15, 0.2) is 48.5 Å². The number of nitrogens with zero attached hydrogens (tertiary/aromatic N) is 4. The molecular formula is C20H17FN4. The van der Waals surface area contributed by atoms with Crippen LogP contribution < -0.4 is 0 Å². The molecule has 5 heteroatoms. The summed E-state index contributed by atoms with van der Waals surface area (Å²) in [6, 6.07) is 14.7. The highest BCUT2D eigenvalue weighted by molar-refractivity contribution is 5.85.